The van der Waals surface area contributed by atoms with Crippen molar-refractivity contribution in [3.05, 3.63) is 60.4 Å². The maximum atomic E-state index is 11.2. The van der Waals surface area contributed by atoms with Crippen LogP contribution < -0.4 is 5.32 Å². The summed E-state index contributed by atoms with van der Waals surface area (Å²) in [6, 6.07) is 12.5. The van der Waals surface area contributed by atoms with E-state index in [1.807, 2.05) is 30.3 Å². The Balaban J connectivity index is 2.08. The van der Waals surface area contributed by atoms with Crippen molar-refractivity contribution < 1.29 is 9.90 Å². The first-order valence-electron chi connectivity index (χ1n) is 5.69. The molecular formula is C14H14N2O2. The minimum atomic E-state index is -0.872. The Labute approximate surface area is 105 Å². The molecule has 0 saturated heterocycles. The molecule has 4 nitrogen and oxygen atoms in total. The van der Waals surface area contributed by atoms with Crippen LogP contribution in [0.15, 0.2) is 54.9 Å². The molecule has 0 aliphatic rings. The lowest BCUT2D eigenvalue weighted by atomic mass is 10.1. The van der Waals surface area contributed by atoms with E-state index in [2.05, 4.69) is 10.3 Å². The maximum absolute atomic E-state index is 11.2. The molecule has 0 spiro atoms. The Morgan fingerprint density at radius 2 is 2.00 bits per heavy atom. The molecule has 2 rings (SSSR count). The molecule has 0 radical (unpaired) electrons. The normalized spacial score (nSPS) is 11.8. The Kier molecular flexibility index (Phi) is 3.91. The number of aromatic nitrogens is 1. The first-order valence-corrected chi connectivity index (χ1v) is 5.69. The molecule has 1 aromatic carbocycles. The van der Waals surface area contributed by atoms with E-state index in [4.69, 9.17) is 0 Å². The van der Waals surface area contributed by atoms with E-state index >= 15 is 0 Å². The molecule has 2 N–H and O–H groups in total. The third-order valence-electron chi connectivity index (χ3n) is 2.58. The second-order valence-corrected chi connectivity index (χ2v) is 3.97. The summed E-state index contributed by atoms with van der Waals surface area (Å²) in [4.78, 5) is 15.2. The third-order valence-corrected chi connectivity index (χ3v) is 2.58. The number of anilines is 1. The van der Waals surface area contributed by atoms with Crippen LogP contribution in [-0.2, 0) is 11.2 Å². The Morgan fingerprint density at radius 1 is 1.22 bits per heavy atom. The van der Waals surface area contributed by atoms with Crippen LogP contribution in [0.2, 0.25) is 0 Å². The molecule has 0 bridgehead atoms. The summed E-state index contributed by atoms with van der Waals surface area (Å²) in [6.07, 6.45) is 3.70. The van der Waals surface area contributed by atoms with Crippen molar-refractivity contribution in [3.63, 3.8) is 0 Å². The monoisotopic (exact) mass is 242 g/mol. The van der Waals surface area contributed by atoms with Crippen LogP contribution >= 0.6 is 0 Å². The van der Waals surface area contributed by atoms with Crippen molar-refractivity contribution in [1.82, 2.24) is 4.98 Å². The van der Waals surface area contributed by atoms with Crippen LogP contribution in [0.4, 0.5) is 5.69 Å². The van der Waals surface area contributed by atoms with Gasteiger partial charge in [-0.15, -0.1) is 0 Å². The highest BCUT2D eigenvalue weighted by Gasteiger charge is 2.17. The number of nitrogens with one attached hydrogen (secondary N) is 1. The lowest BCUT2D eigenvalue weighted by molar-refractivity contribution is -0.137. The topological polar surface area (TPSA) is 62.2 Å². The zero-order valence-electron chi connectivity index (χ0n) is 9.78. The summed E-state index contributed by atoms with van der Waals surface area (Å²) in [5, 5.41) is 12.2. The molecule has 92 valence electrons. The fraction of sp³-hybridized carbons (Fsp3) is 0.143. The number of carboxylic acids is 1. The van der Waals surface area contributed by atoms with Gasteiger partial charge in [-0.25, -0.2) is 4.79 Å². The van der Waals surface area contributed by atoms with E-state index in [1.54, 1.807) is 24.5 Å². The lowest BCUT2D eigenvalue weighted by Crippen LogP contribution is -2.31. The fourth-order valence-electron chi connectivity index (χ4n) is 1.70. The second-order valence-electron chi connectivity index (χ2n) is 3.97. The number of aliphatic carboxylic acids is 1. The van der Waals surface area contributed by atoms with E-state index in [0.717, 1.165) is 5.56 Å². The molecule has 2 aromatic rings. The number of hydrogen-bond donors (Lipinski definition) is 2. The van der Waals surface area contributed by atoms with Gasteiger partial charge in [-0.3, -0.25) is 4.98 Å². The van der Waals surface area contributed by atoms with Gasteiger partial charge in [0.1, 0.15) is 6.04 Å². The highest BCUT2D eigenvalue weighted by molar-refractivity contribution is 5.77. The summed E-state index contributed by atoms with van der Waals surface area (Å²) in [5.74, 6) is -0.872. The number of rotatable bonds is 5. The third kappa shape index (κ3) is 3.31. The van der Waals surface area contributed by atoms with Crippen LogP contribution in [0.1, 0.15) is 5.56 Å². The molecule has 1 heterocycles. The van der Waals surface area contributed by atoms with E-state index in [1.165, 1.54) is 0 Å². The van der Waals surface area contributed by atoms with Crippen LogP contribution in [0.3, 0.4) is 0 Å². The van der Waals surface area contributed by atoms with Crippen molar-refractivity contribution in [2.45, 2.75) is 12.5 Å². The van der Waals surface area contributed by atoms with Crippen LogP contribution in [0.5, 0.6) is 0 Å². The molecule has 0 fully saturated rings. The van der Waals surface area contributed by atoms with Crippen LogP contribution in [0.25, 0.3) is 0 Å². The van der Waals surface area contributed by atoms with Crippen molar-refractivity contribution in [1.29, 1.82) is 0 Å². The number of hydrogen-bond acceptors (Lipinski definition) is 3. The average molecular weight is 242 g/mol. The minimum Gasteiger partial charge on any atom is -0.480 e. The predicted molar refractivity (Wildman–Crippen MR) is 69.4 cm³/mol. The minimum absolute atomic E-state index is 0.436. The number of pyridine rings is 1. The van der Waals surface area contributed by atoms with Gasteiger partial charge in [-0.2, -0.15) is 0 Å². The molecule has 18 heavy (non-hydrogen) atoms. The number of carboxylic acid groups (broad SMARTS) is 1. The number of benzene rings is 1. The molecule has 1 aromatic heterocycles. The summed E-state index contributed by atoms with van der Waals surface area (Å²) >= 11 is 0. The Morgan fingerprint density at radius 3 is 2.61 bits per heavy atom. The zero-order valence-corrected chi connectivity index (χ0v) is 9.78. The van der Waals surface area contributed by atoms with Crippen LogP contribution in [0, 0.1) is 0 Å². The first kappa shape index (κ1) is 12.1. The molecular weight excluding hydrogens is 228 g/mol. The molecule has 0 amide bonds. The summed E-state index contributed by atoms with van der Waals surface area (Å²) < 4.78 is 0. The van der Waals surface area contributed by atoms with Gasteiger partial charge in [-0.05, 0) is 17.7 Å². The molecule has 0 saturated carbocycles. The first-order chi connectivity index (χ1) is 8.75. The number of nitrogens with zero attached hydrogens (tertiary/aromatic N) is 1. The fourth-order valence-corrected chi connectivity index (χ4v) is 1.70. The van der Waals surface area contributed by atoms with Gasteiger partial charge in [0, 0.05) is 18.8 Å². The second kappa shape index (κ2) is 5.82. The standard InChI is InChI=1S/C14H14N2O2/c17-14(18)13(9-11-5-2-1-3-6-11)16-12-7-4-8-15-10-12/h1-8,10,13,16H,9H2,(H,17,18). The average Bonchev–Trinajstić information content (AvgIpc) is 2.40. The van der Waals surface area contributed by atoms with Gasteiger partial charge < -0.3 is 10.4 Å². The van der Waals surface area contributed by atoms with Gasteiger partial charge in [0.15, 0.2) is 0 Å². The highest BCUT2D eigenvalue weighted by atomic mass is 16.4. The maximum Gasteiger partial charge on any atom is 0.326 e. The summed E-state index contributed by atoms with van der Waals surface area (Å²) in [6.45, 7) is 0. The smallest absolute Gasteiger partial charge is 0.326 e. The van der Waals surface area contributed by atoms with Gasteiger partial charge in [0.05, 0.1) is 5.69 Å². The van der Waals surface area contributed by atoms with Gasteiger partial charge in [0.2, 0.25) is 0 Å². The zero-order chi connectivity index (χ0) is 12.8. The highest BCUT2D eigenvalue weighted by Crippen LogP contribution is 2.10. The molecule has 0 aliphatic heterocycles. The van der Waals surface area contributed by atoms with E-state index < -0.39 is 12.0 Å². The number of carbonyl (C=O) groups is 1. The lowest BCUT2D eigenvalue weighted by Gasteiger charge is -2.15. The SMILES string of the molecule is O=C(O)C(Cc1ccccc1)Nc1cccnc1. The van der Waals surface area contributed by atoms with Crippen molar-refractivity contribution in [2.75, 3.05) is 5.32 Å². The van der Waals surface area contributed by atoms with Crippen molar-refractivity contribution in [2.24, 2.45) is 0 Å². The van der Waals surface area contributed by atoms with E-state index in [9.17, 15) is 9.90 Å². The molecule has 1 unspecified atom stereocenters. The Hall–Kier alpha value is -2.36. The summed E-state index contributed by atoms with van der Waals surface area (Å²) in [5.41, 5.74) is 1.70. The van der Waals surface area contributed by atoms with Gasteiger partial charge in [-0.1, -0.05) is 30.3 Å². The molecule has 4 heteroatoms. The van der Waals surface area contributed by atoms with E-state index in [-0.39, 0.29) is 0 Å². The van der Waals surface area contributed by atoms with Gasteiger partial charge in [0.25, 0.3) is 0 Å². The quantitative estimate of drug-likeness (QED) is 0.843. The van der Waals surface area contributed by atoms with E-state index in [0.29, 0.717) is 12.1 Å². The Bertz CT molecular complexity index is 458. The predicted octanol–water partition coefficient (Wildman–Crippen LogP) is 2.19. The molecule has 1 atom stereocenters. The van der Waals surface area contributed by atoms with Crippen molar-refractivity contribution in [3.8, 4) is 0 Å². The largest absolute Gasteiger partial charge is 0.480 e. The summed E-state index contributed by atoms with van der Waals surface area (Å²) in [7, 11) is 0. The van der Waals surface area contributed by atoms with Crippen LogP contribution in [-0.4, -0.2) is 22.1 Å². The van der Waals surface area contributed by atoms with Gasteiger partial charge >= 0.3 is 5.97 Å². The molecule has 0 aliphatic carbocycles. The van der Waals surface area contributed by atoms with Crippen molar-refractivity contribution >= 4 is 11.7 Å².